The van der Waals surface area contributed by atoms with Gasteiger partial charge in [0, 0.05) is 36.3 Å². The number of anilines is 1. The monoisotopic (exact) mass is 589 g/mol. The van der Waals surface area contributed by atoms with Crippen molar-refractivity contribution in [3.8, 4) is 0 Å². The summed E-state index contributed by atoms with van der Waals surface area (Å²) in [6.45, 7) is 7.10. The Kier molecular flexibility index (Phi) is 7.78. The molecule has 0 aliphatic carbocycles. The molecule has 0 spiro atoms. The molecule has 1 saturated heterocycles. The first-order valence-corrected chi connectivity index (χ1v) is 15.3. The molecule has 0 bridgehead atoms. The second-order valence-corrected chi connectivity index (χ2v) is 13.1. The minimum Gasteiger partial charge on any atom is -0.286 e. The zero-order valence-corrected chi connectivity index (χ0v) is 24.3. The van der Waals surface area contributed by atoms with E-state index in [0.29, 0.717) is 36.1 Å². The Hall–Kier alpha value is -2.86. The number of carbonyl (C=O) groups excluding carboxylic acids is 1. The largest absolute Gasteiger partial charge is 0.286 e. The first-order valence-electron chi connectivity index (χ1n) is 12.7. The second-order valence-electron chi connectivity index (χ2n) is 9.79. The predicted octanol–water partition coefficient (Wildman–Crippen LogP) is 5.34. The van der Waals surface area contributed by atoms with Crippen molar-refractivity contribution in [2.75, 3.05) is 24.5 Å². The van der Waals surface area contributed by atoms with E-state index in [1.807, 2.05) is 43.7 Å². The van der Waals surface area contributed by atoms with Gasteiger partial charge in [0.1, 0.15) is 5.82 Å². The summed E-state index contributed by atoms with van der Waals surface area (Å²) in [4.78, 5) is 20.5. The molecule has 1 aliphatic rings. The van der Waals surface area contributed by atoms with Crippen LogP contribution in [-0.4, -0.2) is 53.0 Å². The molecule has 0 saturated carbocycles. The van der Waals surface area contributed by atoms with Crippen molar-refractivity contribution >= 4 is 54.2 Å². The fourth-order valence-corrected chi connectivity index (χ4v) is 7.60. The smallest absolute Gasteiger partial charge is 0.243 e. The van der Waals surface area contributed by atoms with Crippen molar-refractivity contribution in [1.82, 2.24) is 19.1 Å². The number of fused-ring (bicyclic) bond motifs is 1. The van der Waals surface area contributed by atoms with Crippen molar-refractivity contribution in [2.45, 2.75) is 45.1 Å². The third-order valence-electron chi connectivity index (χ3n) is 7.13. The van der Waals surface area contributed by atoms with E-state index in [2.05, 4.69) is 5.10 Å². The van der Waals surface area contributed by atoms with Crippen LogP contribution in [0.25, 0.3) is 10.2 Å². The van der Waals surface area contributed by atoms with Crippen LogP contribution in [0.4, 0.5) is 9.52 Å². The van der Waals surface area contributed by atoms with Crippen molar-refractivity contribution in [1.29, 1.82) is 0 Å². The number of nitrogens with zero attached hydrogens (tertiary/aromatic N) is 5. The Bertz CT molecular complexity index is 1630. The topological polar surface area (TPSA) is 88.4 Å². The SMILES string of the molecule is Cc1cc(C)n(CCN(C(=O)C2CCN(S(=O)(=O)c3ccc(F)cc3)CC2)c2nc3c(C)c(Cl)ccc3s2)n1. The Morgan fingerprint density at radius 2 is 1.82 bits per heavy atom. The molecular weight excluding hydrogens is 561 g/mol. The summed E-state index contributed by atoms with van der Waals surface area (Å²) in [5, 5.41) is 5.74. The maximum Gasteiger partial charge on any atom is 0.243 e. The molecule has 8 nitrogen and oxygen atoms in total. The molecule has 1 fully saturated rings. The highest BCUT2D eigenvalue weighted by molar-refractivity contribution is 7.89. The van der Waals surface area contributed by atoms with Crippen LogP contribution in [0, 0.1) is 32.5 Å². The zero-order valence-electron chi connectivity index (χ0n) is 21.9. The molecule has 39 heavy (non-hydrogen) atoms. The fourth-order valence-electron chi connectivity index (χ4n) is 4.92. The number of piperidine rings is 1. The Balaban J connectivity index is 1.37. The van der Waals surface area contributed by atoms with E-state index in [-0.39, 0.29) is 29.8 Å². The third kappa shape index (κ3) is 5.58. The average Bonchev–Trinajstić information content (AvgIpc) is 3.49. The van der Waals surface area contributed by atoms with Gasteiger partial charge in [0.05, 0.1) is 27.4 Å². The van der Waals surface area contributed by atoms with Gasteiger partial charge in [-0.1, -0.05) is 22.9 Å². The highest BCUT2D eigenvalue weighted by atomic mass is 35.5. The molecule has 0 unspecified atom stereocenters. The number of benzene rings is 2. The molecule has 0 radical (unpaired) electrons. The Morgan fingerprint density at radius 1 is 1.13 bits per heavy atom. The molecule has 0 N–H and O–H groups in total. The van der Waals surface area contributed by atoms with E-state index >= 15 is 0 Å². The van der Waals surface area contributed by atoms with Gasteiger partial charge in [0.2, 0.25) is 15.9 Å². The van der Waals surface area contributed by atoms with Gasteiger partial charge < -0.3 is 0 Å². The lowest BCUT2D eigenvalue weighted by molar-refractivity contribution is -0.123. The minimum absolute atomic E-state index is 0.0451. The summed E-state index contributed by atoms with van der Waals surface area (Å²) in [6, 6.07) is 10.5. The molecular formula is C27H29ClFN5O3S2. The van der Waals surface area contributed by atoms with Crippen LogP contribution < -0.4 is 4.90 Å². The van der Waals surface area contributed by atoms with Gasteiger partial charge in [-0.05, 0) is 81.6 Å². The van der Waals surface area contributed by atoms with Crippen LogP contribution in [0.3, 0.4) is 0 Å². The van der Waals surface area contributed by atoms with E-state index in [9.17, 15) is 17.6 Å². The lowest BCUT2D eigenvalue weighted by Crippen LogP contribution is -2.45. The number of rotatable bonds is 7. The summed E-state index contributed by atoms with van der Waals surface area (Å²) >= 11 is 7.76. The van der Waals surface area contributed by atoms with Crippen molar-refractivity contribution < 1.29 is 17.6 Å². The number of amides is 1. The fraction of sp³-hybridized carbons (Fsp3) is 0.370. The summed E-state index contributed by atoms with van der Waals surface area (Å²) < 4.78 is 43.6. The highest BCUT2D eigenvalue weighted by Gasteiger charge is 2.35. The van der Waals surface area contributed by atoms with Gasteiger partial charge >= 0.3 is 0 Å². The third-order valence-corrected chi connectivity index (χ3v) is 10.5. The number of halogens is 2. The van der Waals surface area contributed by atoms with Crippen LogP contribution >= 0.6 is 22.9 Å². The molecule has 0 atom stereocenters. The number of sulfonamides is 1. The van der Waals surface area contributed by atoms with Crippen LogP contribution in [0.1, 0.15) is 29.8 Å². The number of aromatic nitrogens is 3. The lowest BCUT2D eigenvalue weighted by Gasteiger charge is -2.33. The van der Waals surface area contributed by atoms with E-state index < -0.39 is 15.8 Å². The van der Waals surface area contributed by atoms with Gasteiger partial charge in [-0.3, -0.25) is 14.4 Å². The van der Waals surface area contributed by atoms with Gasteiger partial charge in [0.15, 0.2) is 5.13 Å². The molecule has 5 rings (SSSR count). The van der Waals surface area contributed by atoms with Crippen LogP contribution in [0.5, 0.6) is 0 Å². The summed E-state index contributed by atoms with van der Waals surface area (Å²) in [6.07, 6.45) is 0.761. The van der Waals surface area contributed by atoms with Gasteiger partial charge in [-0.25, -0.2) is 17.8 Å². The van der Waals surface area contributed by atoms with E-state index in [0.717, 1.165) is 39.3 Å². The first kappa shape index (κ1) is 27.7. The van der Waals surface area contributed by atoms with Gasteiger partial charge in [0.25, 0.3) is 0 Å². The summed E-state index contributed by atoms with van der Waals surface area (Å²) in [5.41, 5.74) is 3.55. The van der Waals surface area contributed by atoms with Gasteiger partial charge in [-0.2, -0.15) is 9.40 Å². The minimum atomic E-state index is -3.77. The predicted molar refractivity (Wildman–Crippen MR) is 151 cm³/mol. The standard InChI is InChI=1S/C27H29ClFN5O3S2/c1-17-16-18(2)34(31-17)15-14-33(27-30-25-19(3)23(28)8-9-24(25)38-27)26(35)20-10-12-32(13-11-20)39(36,37)22-6-4-21(29)5-7-22/h4-9,16,20H,10-15H2,1-3H3. The molecule has 206 valence electrons. The molecule has 3 heterocycles. The second kappa shape index (κ2) is 11.0. The Labute approximate surface area is 236 Å². The van der Waals surface area contributed by atoms with Gasteiger partial charge in [-0.15, -0.1) is 0 Å². The van der Waals surface area contributed by atoms with Crippen molar-refractivity contribution in [3.05, 3.63) is 70.3 Å². The molecule has 4 aromatic rings. The first-order chi connectivity index (χ1) is 18.5. The van der Waals surface area contributed by atoms with Crippen molar-refractivity contribution in [2.24, 2.45) is 5.92 Å². The number of thiazole rings is 1. The summed E-state index contributed by atoms with van der Waals surface area (Å²) in [5.74, 6) is -0.939. The van der Waals surface area contributed by atoms with Crippen molar-refractivity contribution in [3.63, 3.8) is 0 Å². The van der Waals surface area contributed by atoms with Crippen LogP contribution in [0.2, 0.25) is 5.02 Å². The molecule has 1 aliphatic heterocycles. The van der Waals surface area contributed by atoms with E-state index in [1.54, 1.807) is 4.90 Å². The molecule has 2 aromatic heterocycles. The maximum absolute atomic E-state index is 13.9. The maximum atomic E-state index is 13.9. The van der Waals surface area contributed by atoms with Crippen LogP contribution in [-0.2, 0) is 21.4 Å². The normalized spacial score (nSPS) is 15.2. The zero-order chi connectivity index (χ0) is 27.9. The Morgan fingerprint density at radius 3 is 2.46 bits per heavy atom. The van der Waals surface area contributed by atoms with E-state index in [4.69, 9.17) is 16.6 Å². The molecule has 12 heteroatoms. The molecule has 1 amide bonds. The quantitative estimate of drug-likeness (QED) is 0.290. The number of aryl methyl sites for hydroxylation is 3. The van der Waals surface area contributed by atoms with Crippen LogP contribution in [0.15, 0.2) is 47.4 Å². The lowest BCUT2D eigenvalue weighted by atomic mass is 9.96. The summed E-state index contributed by atoms with van der Waals surface area (Å²) in [7, 11) is -3.77. The highest BCUT2D eigenvalue weighted by Crippen LogP contribution is 2.35. The van der Waals surface area contributed by atoms with E-state index in [1.165, 1.54) is 27.8 Å². The molecule has 2 aromatic carbocycles. The average molecular weight is 590 g/mol. The number of hydrogen-bond donors (Lipinski definition) is 0. The number of hydrogen-bond acceptors (Lipinski definition) is 6. The number of carbonyl (C=O) groups is 1.